The van der Waals surface area contributed by atoms with E-state index in [2.05, 4.69) is 15.6 Å². The molecule has 0 radical (unpaired) electrons. The van der Waals surface area contributed by atoms with Crippen LogP contribution in [-0.4, -0.2) is 133 Å². The molecule has 0 aromatic carbocycles. The Morgan fingerprint density at radius 3 is 2.12 bits per heavy atom. The van der Waals surface area contributed by atoms with E-state index in [4.69, 9.17) is 9.47 Å². The lowest BCUT2D eigenvalue weighted by Gasteiger charge is -2.41. The molecule has 0 unspecified atom stereocenters. The van der Waals surface area contributed by atoms with Gasteiger partial charge in [0.05, 0.1) is 54.4 Å². The zero-order valence-electron chi connectivity index (χ0n) is 34.0. The van der Waals surface area contributed by atoms with Gasteiger partial charge in [-0.05, 0) is 63.7 Å². The maximum absolute atomic E-state index is 14.2. The number of likely N-dealkylation sites (tertiary alicyclic amines) is 1. The first-order valence-corrected chi connectivity index (χ1v) is 18.9. The second-order valence-electron chi connectivity index (χ2n) is 15.5. The number of aliphatic hydroxyl groups excluding tert-OH is 1. The number of methoxy groups -OCH3 is 2. The van der Waals surface area contributed by atoms with Crippen LogP contribution in [0.4, 0.5) is 0 Å². The molecular formula is C39H68N6O7. The summed E-state index contributed by atoms with van der Waals surface area (Å²) in [6.07, 6.45) is 1.58. The van der Waals surface area contributed by atoms with Crippen molar-refractivity contribution in [2.24, 2.45) is 23.7 Å². The first kappa shape index (κ1) is 45.0. The van der Waals surface area contributed by atoms with Gasteiger partial charge in [0.25, 0.3) is 0 Å². The number of carbonyl (C=O) groups is 4. The largest absolute Gasteiger partial charge is 0.385 e. The molecule has 1 aromatic heterocycles. The lowest BCUT2D eigenvalue weighted by Crippen LogP contribution is -2.59. The summed E-state index contributed by atoms with van der Waals surface area (Å²) in [6, 6.07) is 2.69. The summed E-state index contributed by atoms with van der Waals surface area (Å²) in [4.78, 5) is 64.7. The van der Waals surface area contributed by atoms with Crippen molar-refractivity contribution in [1.82, 2.24) is 30.3 Å². The van der Waals surface area contributed by atoms with Crippen molar-refractivity contribution >= 4 is 23.6 Å². The lowest BCUT2D eigenvalue weighted by molar-refractivity contribution is -0.148. The molecule has 52 heavy (non-hydrogen) atoms. The number of ether oxygens (including phenoxy) is 2. The van der Waals surface area contributed by atoms with Crippen molar-refractivity contribution in [3.63, 3.8) is 0 Å². The number of hydrogen-bond donors (Lipinski definition) is 3. The maximum atomic E-state index is 14.2. The molecule has 2 heterocycles. The number of amides is 4. The van der Waals surface area contributed by atoms with Gasteiger partial charge < -0.3 is 35.0 Å². The quantitative estimate of drug-likeness (QED) is 0.183. The standard InChI is InChI=1S/C39H68N6O7/c1-14-25(6)34(44(11)39(50)32(23(2)3)42-38(49)33(24(4)5)43(9)10)30(51-12)22-31(46)45-21-17-19-29(45)36(52-13)26(7)37(48)41-27(8)35(47)28-18-15-16-20-40-28/h15-16,18,20,23-27,29-30,32-36,47H,14,17,19,21-22H2,1-13H3,(H,41,48)(H,42,49)/t25-,26+,27+,29-,30+,32-,33-,34-,35-,36+/m0/s1. The molecule has 10 atom stereocenters. The van der Waals surface area contributed by atoms with Crippen molar-refractivity contribution in [2.75, 3.05) is 41.9 Å². The predicted molar refractivity (Wildman–Crippen MR) is 202 cm³/mol. The summed E-state index contributed by atoms with van der Waals surface area (Å²) in [5.41, 5.74) is 0.461. The highest BCUT2D eigenvalue weighted by Gasteiger charge is 2.43. The van der Waals surface area contributed by atoms with E-state index in [1.807, 2.05) is 60.5 Å². The minimum atomic E-state index is -0.987. The van der Waals surface area contributed by atoms with Crippen LogP contribution in [-0.2, 0) is 28.7 Å². The lowest BCUT2D eigenvalue weighted by atomic mass is 9.89. The molecule has 4 amide bonds. The van der Waals surface area contributed by atoms with Gasteiger partial charge in [-0.25, -0.2) is 0 Å². The molecule has 0 bridgehead atoms. The summed E-state index contributed by atoms with van der Waals surface area (Å²) in [5.74, 6) is -1.64. The summed E-state index contributed by atoms with van der Waals surface area (Å²) in [6.45, 7) is 15.9. The summed E-state index contributed by atoms with van der Waals surface area (Å²) < 4.78 is 11.9. The molecule has 1 fully saturated rings. The minimum absolute atomic E-state index is 0.0198. The Morgan fingerprint density at radius 1 is 0.962 bits per heavy atom. The van der Waals surface area contributed by atoms with E-state index in [-0.39, 0.29) is 53.8 Å². The molecule has 0 spiro atoms. The zero-order valence-corrected chi connectivity index (χ0v) is 34.0. The molecule has 1 aromatic rings. The Bertz CT molecular complexity index is 1270. The fourth-order valence-corrected chi connectivity index (χ4v) is 7.65. The number of aromatic nitrogens is 1. The fourth-order valence-electron chi connectivity index (χ4n) is 7.65. The van der Waals surface area contributed by atoms with Crippen LogP contribution in [0.15, 0.2) is 24.4 Å². The molecule has 0 aliphatic carbocycles. The monoisotopic (exact) mass is 733 g/mol. The Hall–Kier alpha value is -3.13. The second kappa shape index (κ2) is 20.9. The van der Waals surface area contributed by atoms with Crippen LogP contribution < -0.4 is 10.6 Å². The van der Waals surface area contributed by atoms with E-state index in [9.17, 15) is 24.3 Å². The Labute approximate surface area is 312 Å². The Balaban J connectivity index is 2.25. The number of rotatable bonds is 20. The first-order chi connectivity index (χ1) is 24.4. The van der Waals surface area contributed by atoms with Gasteiger partial charge in [0.15, 0.2) is 0 Å². The van der Waals surface area contributed by atoms with Gasteiger partial charge >= 0.3 is 0 Å². The SMILES string of the molecule is CC[C@H](C)[C@@H]([C@@H](CC(=O)N1CCC[C@H]1[C@H](OC)[C@@H](C)C(=O)N[C@H](C)[C@H](O)c1ccccn1)OC)N(C)C(=O)[C@@H](NC(=O)[C@H](C(C)C)N(C)C)C(C)C. The first-order valence-electron chi connectivity index (χ1n) is 18.9. The van der Waals surface area contributed by atoms with Crippen molar-refractivity contribution in [2.45, 2.75) is 130 Å². The topological polar surface area (TPSA) is 154 Å². The number of nitrogens with one attached hydrogen (secondary N) is 2. The third kappa shape index (κ3) is 11.4. The van der Waals surface area contributed by atoms with Gasteiger partial charge in [-0.3, -0.25) is 29.1 Å². The zero-order chi connectivity index (χ0) is 39.4. The van der Waals surface area contributed by atoms with Gasteiger partial charge in [0, 0.05) is 34.0 Å². The summed E-state index contributed by atoms with van der Waals surface area (Å²) in [7, 11) is 8.55. The smallest absolute Gasteiger partial charge is 0.245 e. The highest BCUT2D eigenvalue weighted by molar-refractivity contribution is 5.90. The molecule has 1 aliphatic rings. The van der Waals surface area contributed by atoms with Crippen molar-refractivity contribution < 1.29 is 33.8 Å². The predicted octanol–water partition coefficient (Wildman–Crippen LogP) is 3.27. The van der Waals surface area contributed by atoms with Crippen molar-refractivity contribution in [3.05, 3.63) is 30.1 Å². The van der Waals surface area contributed by atoms with Gasteiger partial charge in [-0.2, -0.15) is 0 Å². The average Bonchev–Trinajstić information content (AvgIpc) is 3.59. The van der Waals surface area contributed by atoms with E-state index in [0.29, 0.717) is 18.7 Å². The number of aliphatic hydroxyl groups is 1. The molecule has 296 valence electrons. The van der Waals surface area contributed by atoms with Crippen LogP contribution in [0.2, 0.25) is 0 Å². The number of nitrogens with zero attached hydrogens (tertiary/aromatic N) is 4. The third-order valence-corrected chi connectivity index (χ3v) is 10.8. The molecule has 2 rings (SSSR count). The Kier molecular flexibility index (Phi) is 18.1. The molecule has 0 saturated carbocycles. The number of likely N-dealkylation sites (N-methyl/N-ethyl adjacent to an activating group) is 2. The van der Waals surface area contributed by atoms with Crippen LogP contribution in [0.1, 0.15) is 92.9 Å². The van der Waals surface area contributed by atoms with Crippen LogP contribution in [0.25, 0.3) is 0 Å². The number of hydrogen-bond acceptors (Lipinski definition) is 9. The van der Waals surface area contributed by atoms with Gasteiger partial charge in [-0.15, -0.1) is 0 Å². The maximum Gasteiger partial charge on any atom is 0.245 e. The normalized spacial score (nSPS) is 20.1. The number of carbonyl (C=O) groups excluding carboxylic acids is 4. The van der Waals surface area contributed by atoms with Crippen LogP contribution in [0.5, 0.6) is 0 Å². The van der Waals surface area contributed by atoms with Crippen LogP contribution >= 0.6 is 0 Å². The van der Waals surface area contributed by atoms with E-state index in [1.165, 1.54) is 0 Å². The van der Waals surface area contributed by atoms with E-state index < -0.39 is 48.4 Å². The van der Waals surface area contributed by atoms with Crippen molar-refractivity contribution in [3.8, 4) is 0 Å². The molecule has 1 saturated heterocycles. The van der Waals surface area contributed by atoms with Crippen molar-refractivity contribution in [1.29, 1.82) is 0 Å². The molecular weight excluding hydrogens is 664 g/mol. The molecule has 3 N–H and O–H groups in total. The second-order valence-corrected chi connectivity index (χ2v) is 15.5. The van der Waals surface area contributed by atoms with Crippen LogP contribution in [0, 0.1) is 23.7 Å². The summed E-state index contributed by atoms with van der Waals surface area (Å²) >= 11 is 0. The van der Waals surface area contributed by atoms with E-state index in [1.54, 1.807) is 69.3 Å². The number of pyridine rings is 1. The molecule has 13 heteroatoms. The Morgan fingerprint density at radius 2 is 1.62 bits per heavy atom. The van der Waals surface area contributed by atoms with E-state index >= 15 is 0 Å². The average molecular weight is 733 g/mol. The summed E-state index contributed by atoms with van der Waals surface area (Å²) in [5, 5.41) is 16.7. The van der Waals surface area contributed by atoms with E-state index in [0.717, 1.165) is 12.8 Å². The highest BCUT2D eigenvalue weighted by atomic mass is 16.5. The molecule has 13 nitrogen and oxygen atoms in total. The van der Waals surface area contributed by atoms with Gasteiger partial charge in [0.2, 0.25) is 23.6 Å². The molecule has 1 aliphatic heterocycles. The third-order valence-electron chi connectivity index (χ3n) is 10.8. The van der Waals surface area contributed by atoms with Crippen LogP contribution in [0.3, 0.4) is 0 Å². The fraction of sp³-hybridized carbons (Fsp3) is 0.769. The van der Waals surface area contributed by atoms with Gasteiger partial charge in [0.1, 0.15) is 12.1 Å². The minimum Gasteiger partial charge on any atom is -0.385 e. The van der Waals surface area contributed by atoms with Gasteiger partial charge in [-0.1, -0.05) is 61.0 Å². The highest BCUT2D eigenvalue weighted by Crippen LogP contribution is 2.30.